The highest BCUT2D eigenvalue weighted by molar-refractivity contribution is 5.80. The standard InChI is InChI=1S/C13H23N3O3/c1-5-8-19-11-9-15-16(10-11)7-6-13(2,14-3)12(17)18-4/h9-10,14H,5-8H2,1-4H3. The number of rotatable bonds is 8. The lowest BCUT2D eigenvalue weighted by atomic mass is 9.98. The van der Waals surface area contributed by atoms with Gasteiger partial charge in [-0.05, 0) is 26.8 Å². The fourth-order valence-corrected chi connectivity index (χ4v) is 1.65. The first kappa shape index (κ1) is 15.5. The van der Waals surface area contributed by atoms with Crippen LogP contribution in [0.4, 0.5) is 0 Å². The van der Waals surface area contributed by atoms with Crippen molar-refractivity contribution in [2.24, 2.45) is 0 Å². The van der Waals surface area contributed by atoms with Crippen LogP contribution in [0.3, 0.4) is 0 Å². The van der Waals surface area contributed by atoms with E-state index in [-0.39, 0.29) is 5.97 Å². The molecule has 1 aromatic heterocycles. The molecule has 0 radical (unpaired) electrons. The Labute approximate surface area is 114 Å². The van der Waals surface area contributed by atoms with Crippen LogP contribution in [0.15, 0.2) is 12.4 Å². The molecule has 19 heavy (non-hydrogen) atoms. The van der Waals surface area contributed by atoms with Gasteiger partial charge in [0, 0.05) is 6.54 Å². The van der Waals surface area contributed by atoms with Gasteiger partial charge in [0.25, 0.3) is 0 Å². The van der Waals surface area contributed by atoms with E-state index in [0.717, 1.165) is 12.2 Å². The first-order valence-electron chi connectivity index (χ1n) is 6.48. The van der Waals surface area contributed by atoms with Gasteiger partial charge in [-0.15, -0.1) is 0 Å². The van der Waals surface area contributed by atoms with E-state index in [4.69, 9.17) is 9.47 Å². The van der Waals surface area contributed by atoms with E-state index in [1.165, 1.54) is 7.11 Å². The van der Waals surface area contributed by atoms with Gasteiger partial charge in [-0.3, -0.25) is 9.48 Å². The number of methoxy groups -OCH3 is 1. The first-order chi connectivity index (χ1) is 9.05. The Bertz CT molecular complexity index is 406. The van der Waals surface area contributed by atoms with Gasteiger partial charge in [0.05, 0.1) is 26.1 Å². The molecule has 108 valence electrons. The molecule has 0 aliphatic heterocycles. The molecule has 1 atom stereocenters. The average Bonchev–Trinajstić information content (AvgIpc) is 2.89. The molecule has 0 aromatic carbocycles. The fourth-order valence-electron chi connectivity index (χ4n) is 1.65. The quantitative estimate of drug-likeness (QED) is 0.719. The minimum atomic E-state index is -0.703. The first-order valence-corrected chi connectivity index (χ1v) is 6.48. The third-order valence-corrected chi connectivity index (χ3v) is 3.11. The van der Waals surface area contributed by atoms with Crippen molar-refractivity contribution in [3.05, 3.63) is 12.4 Å². The predicted molar refractivity (Wildman–Crippen MR) is 72.1 cm³/mol. The highest BCUT2D eigenvalue weighted by Gasteiger charge is 2.32. The number of carbonyl (C=O) groups is 1. The number of ether oxygens (including phenoxy) is 2. The molecule has 0 saturated heterocycles. The van der Waals surface area contributed by atoms with Crippen molar-refractivity contribution in [2.75, 3.05) is 20.8 Å². The summed E-state index contributed by atoms with van der Waals surface area (Å²) >= 11 is 0. The smallest absolute Gasteiger partial charge is 0.325 e. The van der Waals surface area contributed by atoms with E-state index in [2.05, 4.69) is 17.3 Å². The molecule has 0 spiro atoms. The highest BCUT2D eigenvalue weighted by atomic mass is 16.5. The van der Waals surface area contributed by atoms with Gasteiger partial charge in [-0.1, -0.05) is 6.92 Å². The number of aromatic nitrogens is 2. The third kappa shape index (κ3) is 4.24. The summed E-state index contributed by atoms with van der Waals surface area (Å²) in [5, 5.41) is 7.20. The van der Waals surface area contributed by atoms with Crippen molar-refractivity contribution >= 4 is 5.97 Å². The van der Waals surface area contributed by atoms with Gasteiger partial charge in [-0.2, -0.15) is 5.10 Å². The van der Waals surface area contributed by atoms with Crippen molar-refractivity contribution < 1.29 is 14.3 Å². The Balaban J connectivity index is 2.55. The zero-order valence-electron chi connectivity index (χ0n) is 12.1. The van der Waals surface area contributed by atoms with E-state index in [1.807, 2.05) is 13.1 Å². The van der Waals surface area contributed by atoms with Gasteiger partial charge in [0.2, 0.25) is 0 Å². The van der Waals surface area contributed by atoms with Crippen LogP contribution >= 0.6 is 0 Å². The molecule has 0 aliphatic rings. The highest BCUT2D eigenvalue weighted by Crippen LogP contribution is 2.14. The molecular formula is C13H23N3O3. The summed E-state index contributed by atoms with van der Waals surface area (Å²) in [6.07, 6.45) is 5.07. The van der Waals surface area contributed by atoms with Gasteiger partial charge in [0.1, 0.15) is 5.54 Å². The number of esters is 1. The van der Waals surface area contributed by atoms with Crippen LogP contribution < -0.4 is 10.1 Å². The normalized spacial score (nSPS) is 13.9. The summed E-state index contributed by atoms with van der Waals surface area (Å²) in [6, 6.07) is 0. The molecule has 1 unspecified atom stereocenters. The Morgan fingerprint density at radius 2 is 2.32 bits per heavy atom. The van der Waals surface area contributed by atoms with E-state index in [0.29, 0.717) is 19.6 Å². The fraction of sp³-hybridized carbons (Fsp3) is 0.692. The summed E-state index contributed by atoms with van der Waals surface area (Å²) < 4.78 is 12.0. The van der Waals surface area contributed by atoms with Crippen LogP contribution in [-0.4, -0.2) is 42.1 Å². The van der Waals surface area contributed by atoms with Gasteiger partial charge in [0.15, 0.2) is 5.75 Å². The lowest BCUT2D eigenvalue weighted by Crippen LogP contribution is -2.49. The second-order valence-electron chi connectivity index (χ2n) is 4.61. The monoisotopic (exact) mass is 269 g/mol. The molecule has 6 heteroatoms. The minimum absolute atomic E-state index is 0.274. The molecular weight excluding hydrogens is 246 g/mol. The maximum absolute atomic E-state index is 11.7. The van der Waals surface area contributed by atoms with Crippen LogP contribution in [0.25, 0.3) is 0 Å². The number of nitrogens with one attached hydrogen (secondary N) is 1. The molecule has 1 aromatic rings. The van der Waals surface area contributed by atoms with Gasteiger partial charge >= 0.3 is 5.97 Å². The third-order valence-electron chi connectivity index (χ3n) is 3.11. The number of hydrogen-bond donors (Lipinski definition) is 1. The molecule has 0 saturated carbocycles. The zero-order valence-corrected chi connectivity index (χ0v) is 12.1. The topological polar surface area (TPSA) is 65.4 Å². The molecule has 1 heterocycles. The maximum atomic E-state index is 11.7. The van der Waals surface area contributed by atoms with E-state index >= 15 is 0 Å². The zero-order chi connectivity index (χ0) is 14.3. The maximum Gasteiger partial charge on any atom is 0.325 e. The number of aryl methyl sites for hydroxylation is 1. The lowest BCUT2D eigenvalue weighted by Gasteiger charge is -2.25. The van der Waals surface area contributed by atoms with Crippen molar-refractivity contribution in [3.63, 3.8) is 0 Å². The van der Waals surface area contributed by atoms with Crippen molar-refractivity contribution in [1.82, 2.24) is 15.1 Å². The van der Waals surface area contributed by atoms with Gasteiger partial charge in [-0.25, -0.2) is 0 Å². The average molecular weight is 269 g/mol. The summed E-state index contributed by atoms with van der Waals surface area (Å²) in [4.78, 5) is 11.7. The van der Waals surface area contributed by atoms with Crippen LogP contribution in [0.1, 0.15) is 26.7 Å². The second-order valence-corrected chi connectivity index (χ2v) is 4.61. The molecule has 0 aliphatic carbocycles. The summed E-state index contributed by atoms with van der Waals surface area (Å²) in [5.74, 6) is 0.482. The lowest BCUT2D eigenvalue weighted by molar-refractivity contribution is -0.148. The predicted octanol–water partition coefficient (Wildman–Crippen LogP) is 1.21. The van der Waals surface area contributed by atoms with Gasteiger partial charge < -0.3 is 14.8 Å². The largest absolute Gasteiger partial charge is 0.490 e. The molecule has 1 N–H and O–H groups in total. The van der Waals surface area contributed by atoms with Crippen molar-refractivity contribution in [2.45, 2.75) is 38.8 Å². The summed E-state index contributed by atoms with van der Waals surface area (Å²) in [7, 11) is 3.14. The van der Waals surface area contributed by atoms with Crippen molar-refractivity contribution in [1.29, 1.82) is 0 Å². The Morgan fingerprint density at radius 1 is 1.58 bits per heavy atom. The number of hydrogen-bond acceptors (Lipinski definition) is 5. The molecule has 1 rings (SSSR count). The summed E-state index contributed by atoms with van der Waals surface area (Å²) in [6.45, 7) is 5.17. The Morgan fingerprint density at radius 3 is 2.89 bits per heavy atom. The number of likely N-dealkylation sites (N-methyl/N-ethyl adjacent to an activating group) is 1. The second kappa shape index (κ2) is 7.13. The molecule has 6 nitrogen and oxygen atoms in total. The van der Waals surface area contributed by atoms with Crippen LogP contribution in [0.5, 0.6) is 5.75 Å². The summed E-state index contributed by atoms with van der Waals surface area (Å²) in [5.41, 5.74) is -0.703. The molecule has 0 bridgehead atoms. The molecule has 0 fully saturated rings. The minimum Gasteiger partial charge on any atom is -0.490 e. The number of nitrogens with zero attached hydrogens (tertiary/aromatic N) is 2. The van der Waals surface area contributed by atoms with Crippen LogP contribution in [-0.2, 0) is 16.1 Å². The van der Waals surface area contributed by atoms with Crippen molar-refractivity contribution in [3.8, 4) is 5.75 Å². The SMILES string of the molecule is CCCOc1cnn(CCC(C)(NC)C(=O)OC)c1. The Kier molecular flexibility index (Phi) is 5.82. The van der Waals surface area contributed by atoms with Crippen LogP contribution in [0.2, 0.25) is 0 Å². The van der Waals surface area contributed by atoms with E-state index in [9.17, 15) is 4.79 Å². The Hall–Kier alpha value is -1.56. The van der Waals surface area contributed by atoms with E-state index < -0.39 is 5.54 Å². The number of carbonyl (C=O) groups excluding carboxylic acids is 1. The van der Waals surface area contributed by atoms with E-state index in [1.54, 1.807) is 17.9 Å². The van der Waals surface area contributed by atoms with Crippen LogP contribution in [0, 0.1) is 0 Å². The molecule has 0 amide bonds.